The first-order chi connectivity index (χ1) is 3.83. The molecule has 0 spiro atoms. The SMILES string of the molecule is CNc1ccc(C)o1. The van der Waals surface area contributed by atoms with E-state index in [1.54, 1.807) is 0 Å². The van der Waals surface area contributed by atoms with Gasteiger partial charge in [0.05, 0.1) is 0 Å². The van der Waals surface area contributed by atoms with Gasteiger partial charge in [-0.1, -0.05) is 0 Å². The lowest BCUT2D eigenvalue weighted by Gasteiger charge is -1.87. The topological polar surface area (TPSA) is 25.2 Å². The van der Waals surface area contributed by atoms with Gasteiger partial charge >= 0.3 is 0 Å². The second-order valence-electron chi connectivity index (χ2n) is 1.66. The fourth-order valence-corrected chi connectivity index (χ4v) is 0.569. The molecule has 0 fully saturated rings. The summed E-state index contributed by atoms with van der Waals surface area (Å²) in [6.07, 6.45) is 0. The van der Waals surface area contributed by atoms with E-state index in [1.807, 2.05) is 26.1 Å². The molecule has 0 amide bonds. The van der Waals surface area contributed by atoms with Crippen LogP contribution < -0.4 is 5.32 Å². The third-order valence-corrected chi connectivity index (χ3v) is 0.987. The average molecular weight is 111 g/mol. The second-order valence-corrected chi connectivity index (χ2v) is 1.66. The molecule has 44 valence electrons. The quantitative estimate of drug-likeness (QED) is 0.595. The minimum absolute atomic E-state index is 0.822. The maximum atomic E-state index is 5.12. The molecule has 0 atom stereocenters. The van der Waals surface area contributed by atoms with E-state index in [0.717, 1.165) is 11.6 Å². The Morgan fingerprint density at radius 1 is 1.50 bits per heavy atom. The molecule has 1 N–H and O–H groups in total. The Labute approximate surface area is 48.5 Å². The Bertz CT molecular complexity index is 169. The van der Waals surface area contributed by atoms with Crippen LogP contribution in [0.15, 0.2) is 16.5 Å². The van der Waals surface area contributed by atoms with Crippen molar-refractivity contribution >= 4 is 5.88 Å². The number of hydrogen-bond donors (Lipinski definition) is 1. The van der Waals surface area contributed by atoms with Gasteiger partial charge in [0.1, 0.15) is 5.76 Å². The van der Waals surface area contributed by atoms with Crippen molar-refractivity contribution in [1.29, 1.82) is 0 Å². The molecule has 0 bridgehead atoms. The predicted molar refractivity (Wildman–Crippen MR) is 33.0 cm³/mol. The van der Waals surface area contributed by atoms with Crippen molar-refractivity contribution in [2.45, 2.75) is 6.92 Å². The fourth-order valence-electron chi connectivity index (χ4n) is 0.569. The van der Waals surface area contributed by atoms with Gasteiger partial charge in [0.15, 0.2) is 5.88 Å². The fraction of sp³-hybridized carbons (Fsp3) is 0.333. The van der Waals surface area contributed by atoms with Gasteiger partial charge in [-0.05, 0) is 13.0 Å². The van der Waals surface area contributed by atoms with E-state index in [1.165, 1.54) is 0 Å². The lowest BCUT2D eigenvalue weighted by atomic mass is 10.5. The summed E-state index contributed by atoms with van der Waals surface area (Å²) in [6.45, 7) is 1.92. The Morgan fingerprint density at radius 2 is 2.25 bits per heavy atom. The number of anilines is 1. The first-order valence-corrected chi connectivity index (χ1v) is 2.57. The van der Waals surface area contributed by atoms with Gasteiger partial charge in [-0.3, -0.25) is 0 Å². The molecule has 0 radical (unpaired) electrons. The summed E-state index contributed by atoms with van der Waals surface area (Å²) in [7, 11) is 1.83. The van der Waals surface area contributed by atoms with E-state index >= 15 is 0 Å². The first-order valence-electron chi connectivity index (χ1n) is 2.57. The Kier molecular flexibility index (Phi) is 1.24. The van der Waals surface area contributed by atoms with Crippen LogP contribution in [-0.4, -0.2) is 7.05 Å². The van der Waals surface area contributed by atoms with Crippen LogP contribution in [0.3, 0.4) is 0 Å². The van der Waals surface area contributed by atoms with E-state index < -0.39 is 0 Å². The highest BCUT2D eigenvalue weighted by Crippen LogP contribution is 2.09. The molecule has 0 saturated carbocycles. The highest BCUT2D eigenvalue weighted by atomic mass is 16.4. The number of rotatable bonds is 1. The van der Waals surface area contributed by atoms with Crippen LogP contribution in [0, 0.1) is 6.92 Å². The Morgan fingerprint density at radius 3 is 2.50 bits per heavy atom. The van der Waals surface area contributed by atoms with E-state index in [9.17, 15) is 0 Å². The molecule has 0 aliphatic carbocycles. The molecule has 0 aliphatic heterocycles. The summed E-state index contributed by atoms with van der Waals surface area (Å²) in [4.78, 5) is 0. The van der Waals surface area contributed by atoms with Crippen LogP contribution in [0.5, 0.6) is 0 Å². The zero-order chi connectivity index (χ0) is 5.98. The Balaban J connectivity index is 2.84. The number of aryl methyl sites for hydroxylation is 1. The van der Waals surface area contributed by atoms with Crippen LogP contribution in [0.25, 0.3) is 0 Å². The van der Waals surface area contributed by atoms with Gasteiger partial charge in [0.2, 0.25) is 0 Å². The van der Waals surface area contributed by atoms with Crippen LogP contribution in [0.2, 0.25) is 0 Å². The van der Waals surface area contributed by atoms with Crippen molar-refractivity contribution in [2.75, 3.05) is 12.4 Å². The maximum Gasteiger partial charge on any atom is 0.192 e. The summed E-state index contributed by atoms with van der Waals surface area (Å²) < 4.78 is 5.12. The van der Waals surface area contributed by atoms with E-state index in [-0.39, 0.29) is 0 Å². The van der Waals surface area contributed by atoms with Gasteiger partial charge in [-0.15, -0.1) is 0 Å². The second kappa shape index (κ2) is 1.90. The van der Waals surface area contributed by atoms with Crippen LogP contribution in [0.4, 0.5) is 5.88 Å². The summed E-state index contributed by atoms with van der Waals surface area (Å²) >= 11 is 0. The van der Waals surface area contributed by atoms with Crippen molar-refractivity contribution in [1.82, 2.24) is 0 Å². The van der Waals surface area contributed by atoms with Gasteiger partial charge < -0.3 is 9.73 Å². The first kappa shape index (κ1) is 5.22. The lowest BCUT2D eigenvalue weighted by molar-refractivity contribution is 0.549. The molecule has 0 aliphatic rings. The van der Waals surface area contributed by atoms with E-state index in [0.29, 0.717) is 0 Å². The van der Waals surface area contributed by atoms with Crippen LogP contribution >= 0.6 is 0 Å². The molecular weight excluding hydrogens is 102 g/mol. The van der Waals surface area contributed by atoms with E-state index in [4.69, 9.17) is 4.42 Å². The van der Waals surface area contributed by atoms with Crippen LogP contribution in [0.1, 0.15) is 5.76 Å². The standard InChI is InChI=1S/C6H9NO/c1-5-3-4-6(7-2)8-5/h3-4,7H,1-2H3. The van der Waals surface area contributed by atoms with Gasteiger partial charge in [0, 0.05) is 13.1 Å². The molecule has 8 heavy (non-hydrogen) atoms. The normalized spacial score (nSPS) is 9.25. The van der Waals surface area contributed by atoms with Gasteiger partial charge in [-0.2, -0.15) is 0 Å². The minimum atomic E-state index is 0.822. The minimum Gasteiger partial charge on any atom is -0.446 e. The molecule has 0 unspecified atom stereocenters. The molecule has 0 saturated heterocycles. The van der Waals surface area contributed by atoms with Crippen molar-refractivity contribution in [3.05, 3.63) is 17.9 Å². The largest absolute Gasteiger partial charge is 0.446 e. The molecule has 1 heterocycles. The summed E-state index contributed by atoms with van der Waals surface area (Å²) in [5, 5.41) is 2.88. The zero-order valence-electron chi connectivity index (χ0n) is 5.06. The summed E-state index contributed by atoms with van der Waals surface area (Å²) in [6, 6.07) is 3.82. The van der Waals surface area contributed by atoms with Crippen molar-refractivity contribution < 1.29 is 4.42 Å². The highest BCUT2D eigenvalue weighted by molar-refractivity contribution is 5.30. The summed E-state index contributed by atoms with van der Waals surface area (Å²) in [5.41, 5.74) is 0. The van der Waals surface area contributed by atoms with Crippen molar-refractivity contribution in [3.8, 4) is 0 Å². The smallest absolute Gasteiger partial charge is 0.192 e. The summed E-state index contributed by atoms with van der Waals surface area (Å²) in [5.74, 6) is 1.76. The lowest BCUT2D eigenvalue weighted by Crippen LogP contribution is -1.81. The zero-order valence-corrected chi connectivity index (χ0v) is 5.06. The monoisotopic (exact) mass is 111 g/mol. The molecule has 1 aromatic rings. The van der Waals surface area contributed by atoms with E-state index in [2.05, 4.69) is 5.32 Å². The molecule has 2 heteroatoms. The predicted octanol–water partition coefficient (Wildman–Crippen LogP) is 1.63. The number of nitrogens with one attached hydrogen (secondary N) is 1. The molecule has 2 nitrogen and oxygen atoms in total. The molecule has 1 aromatic heterocycles. The highest BCUT2D eigenvalue weighted by Gasteiger charge is 1.90. The van der Waals surface area contributed by atoms with Gasteiger partial charge in [-0.25, -0.2) is 0 Å². The van der Waals surface area contributed by atoms with Gasteiger partial charge in [0.25, 0.3) is 0 Å². The third kappa shape index (κ3) is 0.832. The third-order valence-electron chi connectivity index (χ3n) is 0.987. The van der Waals surface area contributed by atoms with Crippen LogP contribution in [-0.2, 0) is 0 Å². The number of furan rings is 1. The number of hydrogen-bond acceptors (Lipinski definition) is 2. The molecule has 0 aromatic carbocycles. The molecular formula is C6H9NO. The maximum absolute atomic E-state index is 5.12. The van der Waals surface area contributed by atoms with Crippen molar-refractivity contribution in [3.63, 3.8) is 0 Å². The van der Waals surface area contributed by atoms with Crippen molar-refractivity contribution in [2.24, 2.45) is 0 Å². The Hall–Kier alpha value is -0.920. The molecule has 1 rings (SSSR count). The average Bonchev–Trinajstić information content (AvgIpc) is 2.14.